The summed E-state index contributed by atoms with van der Waals surface area (Å²) in [6.07, 6.45) is 10.4. The standard InChI is InChI=1S/C27H30N6O4/c1-20-7-9-23(27(35)29-13-4-15-31-18-14-28-19-31)26(30-20)22-11-16-32(17-12-22)25(34)10-8-21-5-2-3-6-24(21)33(36)37/h2-3,5-10,14,18-19,22H,4,11-13,15-17H2,1H3,(H,29,35). The molecule has 37 heavy (non-hydrogen) atoms. The number of para-hydroxylation sites is 1. The van der Waals surface area contributed by atoms with Gasteiger partial charge in [-0.25, -0.2) is 4.98 Å². The number of carbonyl (C=O) groups is 2. The molecule has 0 saturated carbocycles. The Kier molecular flexibility index (Phi) is 8.40. The quantitative estimate of drug-likeness (QED) is 0.206. The summed E-state index contributed by atoms with van der Waals surface area (Å²) in [7, 11) is 0. The van der Waals surface area contributed by atoms with Crippen LogP contribution in [0.1, 0.15) is 52.5 Å². The number of aromatic nitrogens is 3. The lowest BCUT2D eigenvalue weighted by Crippen LogP contribution is -2.37. The zero-order valence-electron chi connectivity index (χ0n) is 20.7. The number of nitro benzene ring substituents is 1. The molecular formula is C27H30N6O4. The Bertz CT molecular complexity index is 1280. The maximum absolute atomic E-state index is 13.0. The Balaban J connectivity index is 1.35. The third kappa shape index (κ3) is 6.66. The van der Waals surface area contributed by atoms with Crippen LogP contribution in [0.25, 0.3) is 6.08 Å². The Hall–Kier alpha value is -4.34. The molecule has 10 heteroatoms. The second-order valence-corrected chi connectivity index (χ2v) is 9.04. The minimum Gasteiger partial charge on any atom is -0.352 e. The maximum Gasteiger partial charge on any atom is 0.276 e. The predicted molar refractivity (Wildman–Crippen MR) is 139 cm³/mol. The fourth-order valence-electron chi connectivity index (χ4n) is 4.49. The lowest BCUT2D eigenvalue weighted by atomic mass is 9.89. The average molecular weight is 503 g/mol. The predicted octanol–water partition coefficient (Wildman–Crippen LogP) is 3.73. The maximum atomic E-state index is 13.0. The molecule has 1 aliphatic rings. The highest BCUT2D eigenvalue weighted by molar-refractivity contribution is 5.95. The summed E-state index contributed by atoms with van der Waals surface area (Å²) in [4.78, 5) is 46.9. The molecule has 2 aromatic heterocycles. The van der Waals surface area contributed by atoms with Gasteiger partial charge in [-0.3, -0.25) is 24.7 Å². The van der Waals surface area contributed by atoms with Gasteiger partial charge in [-0.2, -0.15) is 0 Å². The lowest BCUT2D eigenvalue weighted by molar-refractivity contribution is -0.385. The number of hydrogen-bond donors (Lipinski definition) is 1. The minimum absolute atomic E-state index is 0.0386. The number of amides is 2. The fraction of sp³-hybridized carbons (Fsp3) is 0.333. The third-order valence-corrected chi connectivity index (χ3v) is 6.48. The number of carbonyl (C=O) groups excluding carboxylic acids is 2. The van der Waals surface area contributed by atoms with Crippen molar-refractivity contribution in [3.8, 4) is 0 Å². The van der Waals surface area contributed by atoms with Gasteiger partial charge in [0.1, 0.15) is 0 Å². The normalized spacial score (nSPS) is 14.1. The molecule has 3 aromatic rings. The van der Waals surface area contributed by atoms with E-state index in [1.54, 1.807) is 35.6 Å². The first-order valence-electron chi connectivity index (χ1n) is 12.3. The zero-order chi connectivity index (χ0) is 26.2. The van der Waals surface area contributed by atoms with E-state index in [0.29, 0.717) is 43.6 Å². The van der Waals surface area contributed by atoms with Crippen LogP contribution in [-0.4, -0.2) is 55.8 Å². The molecule has 0 spiro atoms. The molecule has 4 rings (SSSR count). The highest BCUT2D eigenvalue weighted by Gasteiger charge is 2.27. The first-order valence-corrected chi connectivity index (χ1v) is 12.3. The minimum atomic E-state index is -0.460. The molecule has 0 bridgehead atoms. The molecule has 10 nitrogen and oxygen atoms in total. The van der Waals surface area contributed by atoms with E-state index in [-0.39, 0.29) is 23.4 Å². The highest BCUT2D eigenvalue weighted by Crippen LogP contribution is 2.30. The highest BCUT2D eigenvalue weighted by atomic mass is 16.6. The molecule has 0 radical (unpaired) electrons. The summed E-state index contributed by atoms with van der Waals surface area (Å²) >= 11 is 0. The number of piperidine rings is 1. The number of nitrogens with zero attached hydrogens (tertiary/aromatic N) is 5. The van der Waals surface area contributed by atoms with Crippen molar-refractivity contribution in [2.24, 2.45) is 0 Å². The van der Waals surface area contributed by atoms with Crippen LogP contribution in [0.3, 0.4) is 0 Å². The summed E-state index contributed by atoms with van der Waals surface area (Å²) in [6.45, 7) is 4.27. The summed E-state index contributed by atoms with van der Waals surface area (Å²) in [5, 5.41) is 14.2. The number of nitrogens with one attached hydrogen (secondary N) is 1. The SMILES string of the molecule is Cc1ccc(C(=O)NCCCn2ccnc2)c(C2CCN(C(=O)C=Cc3ccccc3[N+](=O)[O-])CC2)n1. The molecule has 192 valence electrons. The zero-order valence-corrected chi connectivity index (χ0v) is 20.7. The topological polar surface area (TPSA) is 123 Å². The van der Waals surface area contributed by atoms with Crippen molar-refractivity contribution in [2.45, 2.75) is 38.6 Å². The Labute approximate surface area is 215 Å². The molecule has 1 N–H and O–H groups in total. The molecule has 3 heterocycles. The number of benzene rings is 1. The molecule has 1 aliphatic heterocycles. The van der Waals surface area contributed by atoms with Crippen molar-refractivity contribution in [1.82, 2.24) is 24.8 Å². The second-order valence-electron chi connectivity index (χ2n) is 9.04. The lowest BCUT2D eigenvalue weighted by Gasteiger charge is -2.32. The van der Waals surface area contributed by atoms with E-state index in [1.807, 2.05) is 29.8 Å². The van der Waals surface area contributed by atoms with E-state index in [2.05, 4.69) is 10.3 Å². The number of aryl methyl sites for hydroxylation is 2. The van der Waals surface area contributed by atoms with Crippen molar-refractivity contribution in [3.05, 3.63) is 93.8 Å². The Morgan fingerprint density at radius 1 is 1.19 bits per heavy atom. The van der Waals surface area contributed by atoms with Crippen LogP contribution in [-0.2, 0) is 11.3 Å². The summed E-state index contributed by atoms with van der Waals surface area (Å²) in [5.41, 5.74) is 2.55. The molecule has 0 atom stereocenters. The van der Waals surface area contributed by atoms with Gasteiger partial charge in [-0.15, -0.1) is 0 Å². The van der Waals surface area contributed by atoms with Gasteiger partial charge < -0.3 is 14.8 Å². The van der Waals surface area contributed by atoms with Gasteiger partial charge >= 0.3 is 0 Å². The number of hydrogen-bond acceptors (Lipinski definition) is 6. The van der Waals surface area contributed by atoms with Crippen LogP contribution >= 0.6 is 0 Å². The third-order valence-electron chi connectivity index (χ3n) is 6.48. The summed E-state index contributed by atoms with van der Waals surface area (Å²) in [5.74, 6) is -0.265. The molecule has 0 aliphatic carbocycles. The van der Waals surface area contributed by atoms with Crippen LogP contribution in [0.5, 0.6) is 0 Å². The van der Waals surface area contributed by atoms with Crippen LogP contribution in [0.15, 0.2) is 61.2 Å². The molecule has 2 amide bonds. The van der Waals surface area contributed by atoms with Gasteiger partial charge in [-0.05, 0) is 50.5 Å². The van der Waals surface area contributed by atoms with Gasteiger partial charge in [0.25, 0.3) is 11.6 Å². The van der Waals surface area contributed by atoms with Gasteiger partial charge in [0.2, 0.25) is 5.91 Å². The number of rotatable bonds is 9. The van der Waals surface area contributed by atoms with E-state index < -0.39 is 4.92 Å². The summed E-state index contributed by atoms with van der Waals surface area (Å²) in [6, 6.07) is 9.99. The van der Waals surface area contributed by atoms with Crippen LogP contribution in [0.4, 0.5) is 5.69 Å². The van der Waals surface area contributed by atoms with Crippen molar-refractivity contribution < 1.29 is 14.5 Å². The molecular weight excluding hydrogens is 472 g/mol. The molecule has 1 saturated heterocycles. The van der Waals surface area contributed by atoms with Gasteiger partial charge in [0.15, 0.2) is 0 Å². The number of likely N-dealkylation sites (tertiary alicyclic amines) is 1. The summed E-state index contributed by atoms with van der Waals surface area (Å²) < 4.78 is 1.97. The first kappa shape index (κ1) is 25.7. The van der Waals surface area contributed by atoms with Gasteiger partial charge in [0, 0.05) is 62.3 Å². The van der Waals surface area contributed by atoms with E-state index in [0.717, 1.165) is 24.4 Å². The van der Waals surface area contributed by atoms with E-state index in [9.17, 15) is 19.7 Å². The van der Waals surface area contributed by atoms with Crippen LogP contribution in [0.2, 0.25) is 0 Å². The Morgan fingerprint density at radius 2 is 1.97 bits per heavy atom. The van der Waals surface area contributed by atoms with E-state index >= 15 is 0 Å². The largest absolute Gasteiger partial charge is 0.352 e. The monoisotopic (exact) mass is 502 g/mol. The average Bonchev–Trinajstić information content (AvgIpc) is 3.43. The van der Waals surface area contributed by atoms with Gasteiger partial charge in [0.05, 0.1) is 28.1 Å². The van der Waals surface area contributed by atoms with Gasteiger partial charge in [-0.1, -0.05) is 12.1 Å². The number of nitro groups is 1. The van der Waals surface area contributed by atoms with E-state index in [4.69, 9.17) is 4.98 Å². The van der Waals surface area contributed by atoms with Crippen LogP contribution in [0, 0.1) is 17.0 Å². The van der Waals surface area contributed by atoms with Crippen LogP contribution < -0.4 is 5.32 Å². The second kappa shape index (κ2) is 12.1. The fourth-order valence-corrected chi connectivity index (χ4v) is 4.49. The van der Waals surface area contributed by atoms with Crippen molar-refractivity contribution in [3.63, 3.8) is 0 Å². The molecule has 1 aromatic carbocycles. The molecule has 0 unspecified atom stereocenters. The van der Waals surface area contributed by atoms with E-state index in [1.165, 1.54) is 18.2 Å². The first-order chi connectivity index (χ1) is 17.9. The smallest absolute Gasteiger partial charge is 0.276 e. The molecule has 1 fully saturated rings. The van der Waals surface area contributed by atoms with Crippen molar-refractivity contribution in [2.75, 3.05) is 19.6 Å². The van der Waals surface area contributed by atoms with Crippen molar-refractivity contribution in [1.29, 1.82) is 0 Å². The Morgan fingerprint density at radius 3 is 2.70 bits per heavy atom. The number of pyridine rings is 1. The number of imidazole rings is 1. The van der Waals surface area contributed by atoms with Crippen molar-refractivity contribution >= 4 is 23.6 Å².